The number of carbonyl (C=O) groups is 3. The molecule has 35 heavy (non-hydrogen) atoms. The van der Waals surface area contributed by atoms with Crippen LogP contribution in [0.15, 0.2) is 36.9 Å². The number of aliphatic hydroxyl groups excluding tert-OH is 3. The van der Waals surface area contributed by atoms with Crippen LogP contribution in [0.1, 0.15) is 37.7 Å². The van der Waals surface area contributed by atoms with Crippen LogP contribution in [0.3, 0.4) is 0 Å². The average Bonchev–Trinajstić information content (AvgIpc) is 2.86. The van der Waals surface area contributed by atoms with Crippen molar-refractivity contribution >= 4 is 23.4 Å². The second-order valence-corrected chi connectivity index (χ2v) is 8.22. The molecule has 3 amide bonds. The first-order valence-electron chi connectivity index (χ1n) is 11.6. The van der Waals surface area contributed by atoms with Crippen LogP contribution in [0.2, 0.25) is 0 Å². The van der Waals surface area contributed by atoms with Gasteiger partial charge in [-0.05, 0) is 36.6 Å². The molecule has 1 fully saturated rings. The van der Waals surface area contributed by atoms with Crippen molar-refractivity contribution in [2.24, 2.45) is 0 Å². The van der Waals surface area contributed by atoms with Crippen molar-refractivity contribution in [3.05, 3.63) is 42.5 Å². The molecular formula is C24H35N3O8. The average molecular weight is 494 g/mol. The summed E-state index contributed by atoms with van der Waals surface area (Å²) >= 11 is 0. The highest BCUT2D eigenvalue weighted by Crippen LogP contribution is 2.21. The zero-order chi connectivity index (χ0) is 25.6. The molecule has 194 valence electrons. The summed E-state index contributed by atoms with van der Waals surface area (Å²) in [7, 11) is 0. The molecule has 0 aliphatic carbocycles. The monoisotopic (exact) mass is 493 g/mol. The van der Waals surface area contributed by atoms with E-state index in [1.807, 2.05) is 0 Å². The van der Waals surface area contributed by atoms with Gasteiger partial charge in [0.2, 0.25) is 17.7 Å². The van der Waals surface area contributed by atoms with Crippen molar-refractivity contribution in [1.29, 1.82) is 0 Å². The third kappa shape index (κ3) is 10.5. The van der Waals surface area contributed by atoms with Crippen molar-refractivity contribution in [2.75, 3.05) is 25.1 Å². The first kappa shape index (κ1) is 28.4. The largest absolute Gasteiger partial charge is 0.394 e. The van der Waals surface area contributed by atoms with Gasteiger partial charge < -0.3 is 40.7 Å². The second-order valence-electron chi connectivity index (χ2n) is 8.22. The second kappa shape index (κ2) is 15.2. The number of amides is 3. The van der Waals surface area contributed by atoms with E-state index in [1.54, 1.807) is 24.3 Å². The fourth-order valence-electron chi connectivity index (χ4n) is 3.39. The van der Waals surface area contributed by atoms with Gasteiger partial charge >= 0.3 is 0 Å². The first-order valence-corrected chi connectivity index (χ1v) is 11.6. The topological polar surface area (TPSA) is 166 Å². The Labute approximate surface area is 204 Å². The predicted octanol–water partition coefficient (Wildman–Crippen LogP) is -0.0504. The Bertz CT molecular complexity index is 833. The molecule has 1 aliphatic heterocycles. The Balaban J connectivity index is 1.61. The van der Waals surface area contributed by atoms with Gasteiger partial charge in [0.05, 0.1) is 12.7 Å². The number of rotatable bonds is 14. The molecule has 11 heteroatoms. The van der Waals surface area contributed by atoms with Crippen molar-refractivity contribution in [1.82, 2.24) is 10.6 Å². The van der Waals surface area contributed by atoms with Crippen LogP contribution in [0.5, 0.6) is 0 Å². The Morgan fingerprint density at radius 3 is 2.51 bits per heavy atom. The van der Waals surface area contributed by atoms with E-state index >= 15 is 0 Å². The van der Waals surface area contributed by atoms with Gasteiger partial charge in [-0.3, -0.25) is 14.4 Å². The minimum Gasteiger partial charge on any atom is -0.394 e. The molecule has 1 saturated heterocycles. The number of ether oxygens (including phenoxy) is 2. The summed E-state index contributed by atoms with van der Waals surface area (Å²) in [6.07, 6.45) is -0.255. The molecule has 0 bridgehead atoms. The molecule has 0 saturated carbocycles. The molecule has 1 aromatic rings. The minimum atomic E-state index is -1.20. The molecule has 4 atom stereocenters. The fraction of sp³-hybridized carbons (Fsp3) is 0.542. The van der Waals surface area contributed by atoms with Gasteiger partial charge in [-0.15, -0.1) is 0 Å². The Morgan fingerprint density at radius 2 is 1.83 bits per heavy atom. The smallest absolute Gasteiger partial charge is 0.246 e. The number of nitrogens with one attached hydrogen (secondary N) is 3. The van der Waals surface area contributed by atoms with E-state index in [-0.39, 0.29) is 31.4 Å². The molecular weight excluding hydrogens is 458 g/mol. The number of hydrogen-bond acceptors (Lipinski definition) is 8. The van der Waals surface area contributed by atoms with Crippen LogP contribution in [-0.4, -0.2) is 77.4 Å². The van der Waals surface area contributed by atoms with Crippen molar-refractivity contribution < 1.29 is 39.2 Å². The van der Waals surface area contributed by atoms with Gasteiger partial charge in [0.25, 0.3) is 0 Å². The number of hydrogen-bond donors (Lipinski definition) is 6. The highest BCUT2D eigenvalue weighted by atomic mass is 16.7. The highest BCUT2D eigenvalue weighted by Gasteiger charge is 2.36. The Hall–Kier alpha value is -2.83. The molecule has 1 unspecified atom stereocenters. The lowest BCUT2D eigenvalue weighted by Crippen LogP contribution is -2.50. The SMILES string of the molecule is C=CC(=O)NCCCCCC(=O)Nc1ccc(CNC(=O)COC2C[C@@H](O)[C@H](O)[C@@H](CO)O2)cc1. The van der Waals surface area contributed by atoms with E-state index in [1.165, 1.54) is 6.08 Å². The summed E-state index contributed by atoms with van der Waals surface area (Å²) in [4.78, 5) is 35.1. The normalized spacial score (nSPS) is 21.7. The third-order valence-electron chi connectivity index (χ3n) is 5.41. The highest BCUT2D eigenvalue weighted by molar-refractivity contribution is 5.90. The number of benzene rings is 1. The maximum atomic E-state index is 12.1. The molecule has 2 rings (SSSR count). The predicted molar refractivity (Wildman–Crippen MR) is 127 cm³/mol. The Morgan fingerprint density at radius 1 is 1.09 bits per heavy atom. The summed E-state index contributed by atoms with van der Waals surface area (Å²) < 4.78 is 10.6. The van der Waals surface area contributed by atoms with Crippen molar-refractivity contribution in [3.63, 3.8) is 0 Å². The summed E-state index contributed by atoms with van der Waals surface area (Å²) in [5.74, 6) is -0.687. The Kier molecular flexibility index (Phi) is 12.4. The van der Waals surface area contributed by atoms with E-state index in [0.29, 0.717) is 25.1 Å². The molecule has 1 aromatic carbocycles. The number of unbranched alkanes of at least 4 members (excludes halogenated alkanes) is 2. The van der Waals surface area contributed by atoms with Crippen molar-refractivity contribution in [2.45, 2.75) is 63.3 Å². The van der Waals surface area contributed by atoms with E-state index in [0.717, 1.165) is 18.4 Å². The van der Waals surface area contributed by atoms with Crippen LogP contribution in [0.25, 0.3) is 0 Å². The molecule has 11 nitrogen and oxygen atoms in total. The van der Waals surface area contributed by atoms with Crippen LogP contribution in [-0.2, 0) is 30.4 Å². The van der Waals surface area contributed by atoms with Gasteiger partial charge in [0.1, 0.15) is 18.8 Å². The molecule has 0 aromatic heterocycles. The molecule has 6 N–H and O–H groups in total. The van der Waals surface area contributed by atoms with Crippen LogP contribution in [0.4, 0.5) is 5.69 Å². The molecule has 1 heterocycles. The van der Waals surface area contributed by atoms with E-state index in [2.05, 4.69) is 22.5 Å². The molecule has 0 spiro atoms. The number of carbonyl (C=O) groups excluding carboxylic acids is 3. The summed E-state index contributed by atoms with van der Waals surface area (Å²) in [5, 5.41) is 36.9. The lowest BCUT2D eigenvalue weighted by Gasteiger charge is -2.35. The number of anilines is 1. The fourth-order valence-corrected chi connectivity index (χ4v) is 3.39. The first-order chi connectivity index (χ1) is 16.8. The summed E-state index contributed by atoms with van der Waals surface area (Å²) in [6.45, 7) is 3.42. The van der Waals surface area contributed by atoms with Crippen LogP contribution in [0, 0.1) is 0 Å². The zero-order valence-corrected chi connectivity index (χ0v) is 19.7. The van der Waals surface area contributed by atoms with Gasteiger partial charge in [-0.2, -0.15) is 0 Å². The van der Waals surface area contributed by atoms with E-state index in [9.17, 15) is 29.7 Å². The van der Waals surface area contributed by atoms with Crippen LogP contribution < -0.4 is 16.0 Å². The van der Waals surface area contributed by atoms with Gasteiger partial charge in [-0.25, -0.2) is 0 Å². The standard InChI is InChI=1S/C24H35N3O8/c1-2-20(30)25-11-5-3-4-6-21(31)27-17-9-7-16(8-10-17)13-26-22(32)15-34-23-12-18(29)24(33)19(14-28)35-23/h2,7-10,18-19,23-24,28-29,33H,1,3-6,11-15H2,(H,25,30)(H,26,32)(H,27,31)/t18-,19-,23?,24+/m1/s1. The lowest BCUT2D eigenvalue weighted by molar-refractivity contribution is -0.255. The number of aliphatic hydroxyl groups is 3. The van der Waals surface area contributed by atoms with E-state index < -0.39 is 37.1 Å². The maximum Gasteiger partial charge on any atom is 0.246 e. The van der Waals surface area contributed by atoms with Gasteiger partial charge in [0.15, 0.2) is 6.29 Å². The molecule has 0 radical (unpaired) electrons. The summed E-state index contributed by atoms with van der Waals surface area (Å²) in [5.41, 5.74) is 1.48. The van der Waals surface area contributed by atoms with Crippen molar-refractivity contribution in [3.8, 4) is 0 Å². The van der Waals surface area contributed by atoms with E-state index in [4.69, 9.17) is 9.47 Å². The zero-order valence-electron chi connectivity index (χ0n) is 19.7. The lowest BCUT2D eigenvalue weighted by atomic mass is 10.0. The molecule has 1 aliphatic rings. The van der Waals surface area contributed by atoms with Gasteiger partial charge in [-0.1, -0.05) is 25.1 Å². The third-order valence-corrected chi connectivity index (χ3v) is 5.41. The quantitative estimate of drug-likeness (QED) is 0.155. The van der Waals surface area contributed by atoms with Crippen LogP contribution >= 0.6 is 0 Å². The summed E-state index contributed by atoms with van der Waals surface area (Å²) in [6, 6.07) is 7.07. The van der Waals surface area contributed by atoms with Gasteiger partial charge in [0, 0.05) is 31.6 Å². The maximum absolute atomic E-state index is 12.1. The minimum absolute atomic E-state index is 0.00786.